The number of ether oxygens (including phenoxy) is 2. The molecule has 0 aromatic heterocycles. The second-order valence-corrected chi connectivity index (χ2v) is 7.71. The fourth-order valence-corrected chi connectivity index (χ4v) is 4.63. The molecule has 2 N–H and O–H groups in total. The highest BCUT2D eigenvalue weighted by Crippen LogP contribution is 2.34. The number of morpholine rings is 1. The lowest BCUT2D eigenvalue weighted by molar-refractivity contribution is 0.0324. The molecule has 0 bridgehead atoms. The molecule has 1 heterocycles. The van der Waals surface area contributed by atoms with Gasteiger partial charge in [0, 0.05) is 19.6 Å². The number of benzene rings is 1. The van der Waals surface area contributed by atoms with E-state index in [0.29, 0.717) is 18.0 Å². The third kappa shape index (κ3) is 4.21. The van der Waals surface area contributed by atoms with Crippen LogP contribution in [0.2, 0.25) is 0 Å². The summed E-state index contributed by atoms with van der Waals surface area (Å²) >= 11 is 0. The van der Waals surface area contributed by atoms with E-state index in [4.69, 9.17) is 9.47 Å². The van der Waals surface area contributed by atoms with Crippen molar-refractivity contribution >= 4 is 22.4 Å². The average Bonchev–Trinajstić information content (AvgIpc) is 2.60. The van der Waals surface area contributed by atoms with Crippen molar-refractivity contribution < 1.29 is 17.9 Å². The van der Waals surface area contributed by atoms with E-state index in [0.717, 1.165) is 49.1 Å². The van der Waals surface area contributed by atoms with Crippen LogP contribution in [0.25, 0.3) is 0 Å². The van der Waals surface area contributed by atoms with E-state index in [-0.39, 0.29) is 25.1 Å². The molecule has 0 saturated carbocycles. The third-order valence-electron chi connectivity index (χ3n) is 4.46. The Morgan fingerprint density at radius 1 is 1.29 bits per heavy atom. The van der Waals surface area contributed by atoms with Gasteiger partial charge in [0.2, 0.25) is 10.0 Å². The maximum Gasteiger partial charge on any atom is 0.240 e. The van der Waals surface area contributed by atoms with Crippen molar-refractivity contribution in [2.45, 2.75) is 36.7 Å². The minimum absolute atomic E-state index is 0. The summed E-state index contributed by atoms with van der Waals surface area (Å²) in [5.74, 6) is 0.790. The first-order valence-corrected chi connectivity index (χ1v) is 9.61. The van der Waals surface area contributed by atoms with Gasteiger partial charge in [-0.2, -0.15) is 0 Å². The van der Waals surface area contributed by atoms with Gasteiger partial charge in [-0.25, -0.2) is 13.1 Å². The van der Waals surface area contributed by atoms with Crippen LogP contribution in [0, 0.1) is 0 Å². The molecule has 1 unspecified atom stereocenters. The lowest BCUT2D eigenvalue weighted by Gasteiger charge is -2.25. The molecular formula is C16H25ClN2O4S. The lowest BCUT2D eigenvalue weighted by Crippen LogP contribution is -2.45. The second kappa shape index (κ2) is 8.49. The zero-order valence-electron chi connectivity index (χ0n) is 13.8. The Morgan fingerprint density at radius 3 is 2.71 bits per heavy atom. The number of rotatable bonds is 5. The van der Waals surface area contributed by atoms with Gasteiger partial charge in [0.05, 0.1) is 24.7 Å². The smallest absolute Gasteiger partial charge is 0.240 e. The fourth-order valence-electron chi connectivity index (χ4n) is 3.28. The van der Waals surface area contributed by atoms with Crippen molar-refractivity contribution in [3.8, 4) is 5.75 Å². The number of hydrogen-bond acceptors (Lipinski definition) is 5. The normalized spacial score (nSPS) is 20.8. The van der Waals surface area contributed by atoms with E-state index in [1.165, 1.54) is 0 Å². The molecule has 1 aliphatic carbocycles. The van der Waals surface area contributed by atoms with E-state index in [1.807, 2.05) is 0 Å². The molecule has 1 atom stereocenters. The zero-order valence-corrected chi connectivity index (χ0v) is 15.5. The Labute approximate surface area is 149 Å². The van der Waals surface area contributed by atoms with Crippen LogP contribution >= 0.6 is 12.4 Å². The maximum atomic E-state index is 12.7. The zero-order chi connectivity index (χ0) is 16.3. The fraction of sp³-hybridized carbons (Fsp3) is 0.625. The Bertz CT molecular complexity index is 660. The van der Waals surface area contributed by atoms with Gasteiger partial charge in [-0.1, -0.05) is 0 Å². The van der Waals surface area contributed by atoms with E-state index in [1.54, 1.807) is 19.2 Å². The summed E-state index contributed by atoms with van der Waals surface area (Å²) in [6.07, 6.45) is 3.62. The standard InChI is InChI=1S/C16H24N2O4S.ClH/c1-21-15-6-7-16(14-5-3-2-4-13(14)15)23(19,20)18-11-12-10-17-8-9-22-12;/h6-7,12,17-18H,2-5,8-11H2,1H3;1H. The molecule has 1 aromatic rings. The average molecular weight is 377 g/mol. The van der Waals surface area contributed by atoms with Crippen molar-refractivity contribution in [1.82, 2.24) is 10.0 Å². The van der Waals surface area contributed by atoms with Crippen molar-refractivity contribution in [2.75, 3.05) is 33.4 Å². The van der Waals surface area contributed by atoms with Gasteiger partial charge in [-0.15, -0.1) is 12.4 Å². The van der Waals surface area contributed by atoms with Crippen molar-refractivity contribution in [3.05, 3.63) is 23.3 Å². The predicted octanol–water partition coefficient (Wildman–Crippen LogP) is 1.26. The molecule has 1 fully saturated rings. The summed E-state index contributed by atoms with van der Waals surface area (Å²) in [7, 11) is -1.91. The first-order valence-electron chi connectivity index (χ1n) is 8.12. The van der Waals surface area contributed by atoms with E-state index < -0.39 is 10.0 Å². The molecule has 1 aliphatic heterocycles. The second-order valence-electron chi connectivity index (χ2n) is 5.98. The molecule has 6 nitrogen and oxygen atoms in total. The number of methoxy groups -OCH3 is 1. The molecule has 1 aromatic carbocycles. The highest BCUT2D eigenvalue weighted by molar-refractivity contribution is 7.89. The first kappa shape index (κ1) is 19.5. The van der Waals surface area contributed by atoms with Gasteiger partial charge in [0.25, 0.3) is 0 Å². The van der Waals surface area contributed by atoms with Crippen LogP contribution in [0.1, 0.15) is 24.0 Å². The molecule has 3 rings (SSSR count). The van der Waals surface area contributed by atoms with Crippen LogP contribution in [0.4, 0.5) is 0 Å². The van der Waals surface area contributed by atoms with Crippen LogP contribution in [-0.4, -0.2) is 47.9 Å². The molecular weight excluding hydrogens is 352 g/mol. The molecule has 2 aliphatic rings. The number of fused-ring (bicyclic) bond motifs is 1. The van der Waals surface area contributed by atoms with Gasteiger partial charge in [0.1, 0.15) is 5.75 Å². The van der Waals surface area contributed by atoms with Crippen LogP contribution in [0.15, 0.2) is 17.0 Å². The van der Waals surface area contributed by atoms with Crippen LogP contribution in [0.3, 0.4) is 0 Å². The molecule has 0 amide bonds. The minimum Gasteiger partial charge on any atom is -0.496 e. The highest BCUT2D eigenvalue weighted by atomic mass is 35.5. The Kier molecular flexibility index (Phi) is 6.88. The van der Waals surface area contributed by atoms with Crippen LogP contribution in [0.5, 0.6) is 5.75 Å². The van der Waals surface area contributed by atoms with Gasteiger partial charge in [0.15, 0.2) is 0 Å². The Hall–Kier alpha value is -0.860. The first-order chi connectivity index (χ1) is 11.1. The van der Waals surface area contributed by atoms with E-state index >= 15 is 0 Å². The van der Waals surface area contributed by atoms with E-state index in [2.05, 4.69) is 10.0 Å². The Balaban J connectivity index is 0.00000208. The number of sulfonamides is 1. The van der Waals surface area contributed by atoms with Crippen molar-refractivity contribution in [2.24, 2.45) is 0 Å². The molecule has 136 valence electrons. The quantitative estimate of drug-likeness (QED) is 0.809. The van der Waals surface area contributed by atoms with Crippen molar-refractivity contribution in [1.29, 1.82) is 0 Å². The predicted molar refractivity (Wildman–Crippen MR) is 94.7 cm³/mol. The monoisotopic (exact) mass is 376 g/mol. The minimum atomic E-state index is -3.54. The molecule has 24 heavy (non-hydrogen) atoms. The molecule has 0 radical (unpaired) electrons. The number of hydrogen-bond donors (Lipinski definition) is 2. The number of halogens is 1. The van der Waals surface area contributed by atoms with Crippen LogP contribution in [-0.2, 0) is 27.6 Å². The van der Waals surface area contributed by atoms with E-state index in [9.17, 15) is 8.42 Å². The SMILES string of the molecule is COc1ccc(S(=O)(=O)NCC2CNCCO2)c2c1CCCC2.Cl. The summed E-state index contributed by atoms with van der Waals surface area (Å²) in [5.41, 5.74) is 1.95. The van der Waals surface area contributed by atoms with Gasteiger partial charge in [-0.05, 0) is 48.9 Å². The summed E-state index contributed by atoms with van der Waals surface area (Å²) in [6, 6.07) is 3.42. The lowest BCUT2D eigenvalue weighted by atomic mass is 9.91. The summed E-state index contributed by atoms with van der Waals surface area (Å²) in [6.45, 7) is 2.39. The summed E-state index contributed by atoms with van der Waals surface area (Å²) < 4.78 is 39.1. The van der Waals surface area contributed by atoms with Crippen LogP contribution < -0.4 is 14.8 Å². The largest absolute Gasteiger partial charge is 0.496 e. The maximum absolute atomic E-state index is 12.7. The van der Waals surface area contributed by atoms with Crippen molar-refractivity contribution in [3.63, 3.8) is 0 Å². The molecule has 8 heteroatoms. The summed E-state index contributed by atoms with van der Waals surface area (Å²) in [5, 5.41) is 3.20. The topological polar surface area (TPSA) is 76.7 Å². The Morgan fingerprint density at radius 2 is 2.04 bits per heavy atom. The molecule has 0 spiro atoms. The van der Waals surface area contributed by atoms with Gasteiger partial charge >= 0.3 is 0 Å². The van der Waals surface area contributed by atoms with Gasteiger partial charge in [-0.3, -0.25) is 0 Å². The number of nitrogens with one attached hydrogen (secondary N) is 2. The summed E-state index contributed by atoms with van der Waals surface area (Å²) in [4.78, 5) is 0.386. The van der Waals surface area contributed by atoms with Gasteiger partial charge < -0.3 is 14.8 Å². The highest BCUT2D eigenvalue weighted by Gasteiger charge is 2.26. The molecule has 1 saturated heterocycles. The third-order valence-corrected chi connectivity index (χ3v) is 5.97.